The van der Waals surface area contributed by atoms with Crippen molar-refractivity contribution in [2.24, 2.45) is 0 Å². The lowest BCUT2D eigenvalue weighted by atomic mass is 10.0. The lowest BCUT2D eigenvalue weighted by Crippen LogP contribution is -2.15. The van der Waals surface area contributed by atoms with Gasteiger partial charge in [0, 0.05) is 47.5 Å². The zero-order chi connectivity index (χ0) is 17.6. The van der Waals surface area contributed by atoms with Gasteiger partial charge in [-0.25, -0.2) is 14.4 Å². The Labute approximate surface area is 149 Å². The van der Waals surface area contributed by atoms with E-state index in [1.165, 1.54) is 6.20 Å². The summed E-state index contributed by atoms with van der Waals surface area (Å²) in [7, 11) is 0. The van der Waals surface area contributed by atoms with Crippen molar-refractivity contribution in [2.75, 3.05) is 4.90 Å². The van der Waals surface area contributed by atoms with Gasteiger partial charge in [-0.15, -0.1) is 0 Å². The minimum Gasteiger partial charge on any atom is -0.346 e. The van der Waals surface area contributed by atoms with Gasteiger partial charge in [0.25, 0.3) is 0 Å². The fourth-order valence-electron chi connectivity index (χ4n) is 2.83. The van der Waals surface area contributed by atoms with E-state index < -0.39 is 5.82 Å². The number of aromatic amines is 1. The zero-order valence-corrected chi connectivity index (χ0v) is 14.2. The summed E-state index contributed by atoms with van der Waals surface area (Å²) < 4.78 is 15.3. The molecular formula is C19H14ClFN4. The molecule has 0 amide bonds. The van der Waals surface area contributed by atoms with Crippen molar-refractivity contribution >= 4 is 28.5 Å². The van der Waals surface area contributed by atoms with Crippen molar-refractivity contribution in [3.63, 3.8) is 0 Å². The molecule has 4 heterocycles. The van der Waals surface area contributed by atoms with Gasteiger partial charge in [-0.1, -0.05) is 18.2 Å². The molecule has 1 aliphatic heterocycles. The Hall–Kier alpha value is -2.92. The molecule has 25 heavy (non-hydrogen) atoms. The third kappa shape index (κ3) is 2.53. The molecule has 1 N–H and O–H groups in total. The van der Waals surface area contributed by atoms with E-state index >= 15 is 4.39 Å². The normalized spacial score (nSPS) is 14.3. The van der Waals surface area contributed by atoms with Crippen molar-refractivity contribution in [2.45, 2.75) is 6.92 Å². The standard InChI is InChI=1S/C19H14ClFN4/c1-11-5-8-25(10-12(11)2)19-17(21)13(3-7-23-19)16-14-4-6-22-18(14)24-9-15(16)20/h3-10H,1H2,2H3,(H,22,24). The van der Waals surface area contributed by atoms with E-state index in [0.29, 0.717) is 21.8 Å². The number of pyridine rings is 2. The van der Waals surface area contributed by atoms with Crippen molar-refractivity contribution in [1.82, 2.24) is 15.0 Å². The van der Waals surface area contributed by atoms with Crippen molar-refractivity contribution in [1.29, 1.82) is 0 Å². The summed E-state index contributed by atoms with van der Waals surface area (Å²) in [5, 5.41) is 1.15. The number of halogens is 2. The highest BCUT2D eigenvalue weighted by Crippen LogP contribution is 2.37. The van der Waals surface area contributed by atoms with Crippen LogP contribution in [0.5, 0.6) is 0 Å². The van der Waals surface area contributed by atoms with E-state index in [1.54, 1.807) is 35.8 Å². The first-order chi connectivity index (χ1) is 12.1. The molecule has 3 aromatic rings. The minimum absolute atomic E-state index is 0.206. The van der Waals surface area contributed by atoms with Crippen molar-refractivity contribution in [3.05, 3.63) is 77.8 Å². The van der Waals surface area contributed by atoms with Gasteiger partial charge >= 0.3 is 0 Å². The molecule has 0 saturated carbocycles. The molecule has 0 atom stereocenters. The van der Waals surface area contributed by atoms with E-state index in [9.17, 15) is 0 Å². The van der Waals surface area contributed by atoms with Gasteiger partial charge in [-0.3, -0.25) is 0 Å². The van der Waals surface area contributed by atoms with E-state index in [4.69, 9.17) is 11.6 Å². The van der Waals surface area contributed by atoms with Crippen LogP contribution in [0.15, 0.2) is 66.9 Å². The maximum absolute atomic E-state index is 15.3. The lowest BCUT2D eigenvalue weighted by Gasteiger charge is -2.21. The average molecular weight is 353 g/mol. The number of H-pyrrole nitrogens is 1. The maximum atomic E-state index is 15.3. The molecule has 6 heteroatoms. The van der Waals surface area contributed by atoms with Gasteiger partial charge in [0.1, 0.15) is 5.65 Å². The van der Waals surface area contributed by atoms with Gasteiger partial charge in [-0.05, 0) is 36.3 Å². The van der Waals surface area contributed by atoms with Crippen LogP contribution in [0.1, 0.15) is 6.92 Å². The molecule has 4 rings (SSSR count). The maximum Gasteiger partial charge on any atom is 0.174 e. The molecule has 1 aliphatic rings. The van der Waals surface area contributed by atoms with Crippen LogP contribution in [0, 0.1) is 5.82 Å². The number of allylic oxidation sites excluding steroid dienone is 3. The lowest BCUT2D eigenvalue weighted by molar-refractivity contribution is 0.625. The largest absolute Gasteiger partial charge is 0.346 e. The van der Waals surface area contributed by atoms with Crippen molar-refractivity contribution in [3.8, 4) is 11.1 Å². The zero-order valence-electron chi connectivity index (χ0n) is 13.4. The van der Waals surface area contributed by atoms with Gasteiger partial charge < -0.3 is 9.88 Å². The fourth-order valence-corrected chi connectivity index (χ4v) is 3.08. The quantitative estimate of drug-likeness (QED) is 0.688. The SMILES string of the molecule is C=C1C=CN(c2nccc(-c3c(Cl)cnc4[nH]ccc34)c2F)C=C1C. The van der Waals surface area contributed by atoms with Gasteiger partial charge in [-0.2, -0.15) is 0 Å². The highest BCUT2D eigenvalue weighted by atomic mass is 35.5. The molecule has 4 nitrogen and oxygen atoms in total. The van der Waals surface area contributed by atoms with Crippen LogP contribution in [-0.2, 0) is 0 Å². The van der Waals surface area contributed by atoms with Crippen LogP contribution in [0.2, 0.25) is 5.02 Å². The van der Waals surface area contributed by atoms with Crippen LogP contribution < -0.4 is 4.90 Å². The summed E-state index contributed by atoms with van der Waals surface area (Å²) in [5.41, 5.74) is 3.47. The predicted molar refractivity (Wildman–Crippen MR) is 98.8 cm³/mol. The number of nitrogens with zero attached hydrogens (tertiary/aromatic N) is 3. The summed E-state index contributed by atoms with van der Waals surface area (Å²) in [6, 6.07) is 3.45. The van der Waals surface area contributed by atoms with E-state index in [0.717, 1.165) is 16.5 Å². The number of aromatic nitrogens is 3. The summed E-state index contributed by atoms with van der Waals surface area (Å²) in [6.45, 7) is 5.85. The number of fused-ring (bicyclic) bond motifs is 1. The molecule has 0 unspecified atom stereocenters. The average Bonchev–Trinajstić information content (AvgIpc) is 3.07. The molecule has 0 fully saturated rings. The van der Waals surface area contributed by atoms with Crippen LogP contribution in [0.3, 0.4) is 0 Å². The first kappa shape index (κ1) is 15.6. The highest BCUT2D eigenvalue weighted by molar-refractivity contribution is 6.34. The smallest absolute Gasteiger partial charge is 0.174 e. The first-order valence-corrected chi connectivity index (χ1v) is 8.05. The summed E-state index contributed by atoms with van der Waals surface area (Å²) >= 11 is 6.33. The molecule has 0 aliphatic carbocycles. The Morgan fingerprint density at radius 1 is 1.28 bits per heavy atom. The van der Waals surface area contributed by atoms with E-state index in [-0.39, 0.29) is 5.82 Å². The molecule has 0 spiro atoms. The van der Waals surface area contributed by atoms with Crippen LogP contribution in [0.4, 0.5) is 10.2 Å². The Morgan fingerprint density at radius 3 is 2.92 bits per heavy atom. The summed E-state index contributed by atoms with van der Waals surface area (Å²) in [5.74, 6) is -0.239. The second-order valence-electron chi connectivity index (χ2n) is 5.78. The molecule has 0 saturated heterocycles. The van der Waals surface area contributed by atoms with E-state index in [2.05, 4.69) is 21.5 Å². The predicted octanol–water partition coefficient (Wildman–Crippen LogP) is 5.21. The third-order valence-corrected chi connectivity index (χ3v) is 4.49. The Balaban J connectivity index is 1.91. The number of rotatable bonds is 2. The van der Waals surface area contributed by atoms with Crippen LogP contribution in [0.25, 0.3) is 22.2 Å². The molecule has 0 bridgehead atoms. The van der Waals surface area contributed by atoms with Crippen LogP contribution >= 0.6 is 11.6 Å². The second-order valence-corrected chi connectivity index (χ2v) is 6.18. The number of nitrogens with one attached hydrogen (secondary N) is 1. The number of anilines is 1. The van der Waals surface area contributed by atoms with Gasteiger partial charge in [0.2, 0.25) is 0 Å². The van der Waals surface area contributed by atoms with Gasteiger partial charge in [0.15, 0.2) is 11.6 Å². The number of hydrogen-bond donors (Lipinski definition) is 1. The third-order valence-electron chi connectivity index (χ3n) is 4.20. The summed E-state index contributed by atoms with van der Waals surface area (Å²) in [6.07, 6.45) is 10.2. The summed E-state index contributed by atoms with van der Waals surface area (Å²) in [4.78, 5) is 13.1. The second kappa shape index (κ2) is 5.86. The minimum atomic E-state index is -0.445. The monoisotopic (exact) mass is 352 g/mol. The first-order valence-electron chi connectivity index (χ1n) is 7.67. The highest BCUT2D eigenvalue weighted by Gasteiger charge is 2.20. The topological polar surface area (TPSA) is 44.8 Å². The molecule has 0 aromatic carbocycles. The Morgan fingerprint density at radius 2 is 2.12 bits per heavy atom. The molecule has 0 radical (unpaired) electrons. The Bertz CT molecular complexity index is 1060. The number of hydrogen-bond acceptors (Lipinski definition) is 3. The fraction of sp³-hybridized carbons (Fsp3) is 0.0526. The van der Waals surface area contributed by atoms with Crippen molar-refractivity contribution < 1.29 is 4.39 Å². The molecule has 3 aromatic heterocycles. The molecular weight excluding hydrogens is 339 g/mol. The molecule has 124 valence electrons. The van der Waals surface area contributed by atoms with E-state index in [1.807, 2.05) is 19.1 Å². The van der Waals surface area contributed by atoms with Crippen LogP contribution in [-0.4, -0.2) is 15.0 Å². The Kier molecular flexibility index (Phi) is 3.66. The van der Waals surface area contributed by atoms with Gasteiger partial charge in [0.05, 0.1) is 5.02 Å².